The molecule has 2 aliphatic rings. The average molecular weight is 135 g/mol. The zero-order chi connectivity index (χ0) is 7.03. The molecule has 52 valence electrons. The van der Waals surface area contributed by atoms with Gasteiger partial charge in [-0.1, -0.05) is 5.92 Å². The van der Waals surface area contributed by atoms with Crippen LogP contribution in [0.3, 0.4) is 0 Å². The molecule has 1 N–H and O–H groups in total. The van der Waals surface area contributed by atoms with Crippen LogP contribution in [0.15, 0.2) is 10.2 Å². The van der Waals surface area contributed by atoms with Crippen LogP contribution >= 0.6 is 0 Å². The molecule has 0 unspecified atom stereocenters. The van der Waals surface area contributed by atoms with Gasteiger partial charge in [0.05, 0.1) is 6.54 Å². The average Bonchev–Trinajstić information content (AvgIpc) is 2.59. The summed E-state index contributed by atoms with van der Waals surface area (Å²) in [6.45, 7) is 0.667. The Labute approximate surface area is 59.9 Å². The molecule has 0 aromatic rings. The number of nitrogens with one attached hydrogen (secondary N) is 1. The van der Waals surface area contributed by atoms with Crippen molar-refractivity contribution in [3.8, 4) is 12.3 Å². The second kappa shape index (κ2) is 1.80. The molecule has 1 aliphatic carbocycles. The molecule has 0 bridgehead atoms. The van der Waals surface area contributed by atoms with Crippen molar-refractivity contribution in [2.24, 2.45) is 10.2 Å². The van der Waals surface area contributed by atoms with Crippen LogP contribution in [0, 0.1) is 12.3 Å². The molecule has 0 aromatic heterocycles. The quantitative estimate of drug-likeness (QED) is 0.551. The van der Waals surface area contributed by atoms with E-state index in [1.165, 1.54) is 0 Å². The molecule has 3 heteroatoms. The zero-order valence-electron chi connectivity index (χ0n) is 5.67. The van der Waals surface area contributed by atoms with Crippen LogP contribution < -0.4 is 5.32 Å². The van der Waals surface area contributed by atoms with Crippen molar-refractivity contribution in [3.05, 3.63) is 0 Å². The van der Waals surface area contributed by atoms with Crippen LogP contribution in [0.1, 0.15) is 12.8 Å². The number of rotatable bonds is 2. The van der Waals surface area contributed by atoms with Crippen LogP contribution in [0.2, 0.25) is 0 Å². The maximum atomic E-state index is 5.08. The van der Waals surface area contributed by atoms with Gasteiger partial charge in [0.15, 0.2) is 5.66 Å². The number of nitrogens with zero attached hydrogens (tertiary/aromatic N) is 2. The lowest BCUT2D eigenvalue weighted by molar-refractivity contribution is 0.260. The fourth-order valence-electron chi connectivity index (χ4n) is 1.31. The maximum absolute atomic E-state index is 5.08. The highest BCUT2D eigenvalue weighted by atomic mass is 15.5. The molecule has 10 heavy (non-hydrogen) atoms. The Morgan fingerprint density at radius 3 is 2.80 bits per heavy atom. The van der Waals surface area contributed by atoms with Gasteiger partial charge in [0.1, 0.15) is 0 Å². The number of hydrogen-bond donors (Lipinski definition) is 1. The van der Waals surface area contributed by atoms with Crippen molar-refractivity contribution in [1.82, 2.24) is 5.32 Å². The highest BCUT2D eigenvalue weighted by molar-refractivity contribution is 5.09. The van der Waals surface area contributed by atoms with E-state index in [-0.39, 0.29) is 5.66 Å². The van der Waals surface area contributed by atoms with Crippen molar-refractivity contribution >= 4 is 0 Å². The molecule has 1 fully saturated rings. The molecule has 1 heterocycles. The van der Waals surface area contributed by atoms with E-state index in [0.717, 1.165) is 12.8 Å². The monoisotopic (exact) mass is 135 g/mol. The number of hydrogen-bond acceptors (Lipinski definition) is 3. The van der Waals surface area contributed by atoms with Gasteiger partial charge in [-0.2, -0.15) is 10.2 Å². The van der Waals surface area contributed by atoms with E-state index in [1.54, 1.807) is 0 Å². The summed E-state index contributed by atoms with van der Waals surface area (Å²) < 4.78 is 0. The minimum absolute atomic E-state index is 0.0618. The van der Waals surface area contributed by atoms with E-state index in [9.17, 15) is 0 Å². The van der Waals surface area contributed by atoms with Gasteiger partial charge in [0.2, 0.25) is 0 Å². The molecule has 0 radical (unpaired) electrons. The first kappa shape index (κ1) is 5.87. The van der Waals surface area contributed by atoms with E-state index in [2.05, 4.69) is 21.5 Å². The summed E-state index contributed by atoms with van der Waals surface area (Å²) in [6.07, 6.45) is 7.18. The lowest BCUT2D eigenvalue weighted by atomic mass is 9.83. The Balaban J connectivity index is 1.67. The first-order valence-electron chi connectivity index (χ1n) is 3.46. The molecule has 0 atom stereocenters. The summed E-state index contributed by atoms with van der Waals surface area (Å²) in [5.74, 6) is 2.54. The fraction of sp³-hybridized carbons (Fsp3) is 0.714. The van der Waals surface area contributed by atoms with E-state index in [4.69, 9.17) is 6.42 Å². The van der Waals surface area contributed by atoms with E-state index in [1.807, 2.05) is 0 Å². The topological polar surface area (TPSA) is 36.8 Å². The Kier molecular flexibility index (Phi) is 1.06. The summed E-state index contributed by atoms with van der Waals surface area (Å²) in [6, 6.07) is 0.561. The predicted octanol–water partition coefficient (Wildman–Crippen LogP) is 0.534. The predicted molar refractivity (Wildman–Crippen MR) is 37.4 cm³/mol. The summed E-state index contributed by atoms with van der Waals surface area (Å²) >= 11 is 0. The third-order valence-corrected chi connectivity index (χ3v) is 2.02. The first-order chi connectivity index (χ1) is 4.85. The minimum atomic E-state index is 0.0618. The lowest BCUT2D eigenvalue weighted by Crippen LogP contribution is -2.46. The molecule has 0 saturated heterocycles. The zero-order valence-corrected chi connectivity index (χ0v) is 5.67. The van der Waals surface area contributed by atoms with Crippen molar-refractivity contribution in [1.29, 1.82) is 0 Å². The Morgan fingerprint density at radius 1 is 1.60 bits per heavy atom. The fourth-order valence-corrected chi connectivity index (χ4v) is 1.31. The Bertz CT molecular complexity index is 199. The van der Waals surface area contributed by atoms with Crippen LogP contribution in [0.5, 0.6) is 0 Å². The Morgan fingerprint density at radius 2 is 2.30 bits per heavy atom. The van der Waals surface area contributed by atoms with Crippen molar-refractivity contribution in [2.75, 3.05) is 6.54 Å². The van der Waals surface area contributed by atoms with Gasteiger partial charge in [-0.3, -0.25) is 0 Å². The number of terminal acetylenes is 1. The normalized spacial score (nSPS) is 25.9. The van der Waals surface area contributed by atoms with Gasteiger partial charge in [-0.05, 0) is 0 Å². The van der Waals surface area contributed by atoms with Crippen LogP contribution in [0.25, 0.3) is 0 Å². The van der Waals surface area contributed by atoms with Gasteiger partial charge < -0.3 is 5.32 Å². The van der Waals surface area contributed by atoms with Crippen LogP contribution in [-0.2, 0) is 0 Å². The van der Waals surface area contributed by atoms with Crippen LogP contribution in [0.4, 0.5) is 0 Å². The summed E-state index contributed by atoms with van der Waals surface area (Å²) in [7, 11) is 0. The molecule has 0 aromatic carbocycles. The maximum Gasteiger partial charge on any atom is 0.193 e. The van der Waals surface area contributed by atoms with E-state index in [0.29, 0.717) is 12.6 Å². The van der Waals surface area contributed by atoms with Gasteiger partial charge in [-0.15, -0.1) is 6.42 Å². The third kappa shape index (κ3) is 0.812. The van der Waals surface area contributed by atoms with Crippen molar-refractivity contribution in [3.63, 3.8) is 0 Å². The van der Waals surface area contributed by atoms with Crippen molar-refractivity contribution in [2.45, 2.75) is 24.5 Å². The molecule has 2 rings (SSSR count). The van der Waals surface area contributed by atoms with Crippen LogP contribution in [-0.4, -0.2) is 18.2 Å². The smallest absolute Gasteiger partial charge is 0.193 e. The lowest BCUT2D eigenvalue weighted by Gasteiger charge is -2.31. The first-order valence-corrected chi connectivity index (χ1v) is 3.46. The molecule has 0 amide bonds. The molecule has 1 aliphatic heterocycles. The summed E-state index contributed by atoms with van der Waals surface area (Å²) in [4.78, 5) is 0. The molecular formula is C7H9N3. The Hall–Kier alpha value is -0.880. The second-order valence-corrected chi connectivity index (χ2v) is 2.87. The standard InChI is InChI=1S/C7H9N3/c1-2-3-8-6-4-7(5-6)9-10-7/h1,6,8H,3-5H2. The summed E-state index contributed by atoms with van der Waals surface area (Å²) in [5.41, 5.74) is 0.0618. The molecule has 1 saturated carbocycles. The van der Waals surface area contributed by atoms with E-state index < -0.39 is 0 Å². The highest BCUT2D eigenvalue weighted by Crippen LogP contribution is 2.46. The minimum Gasteiger partial charge on any atom is -0.303 e. The summed E-state index contributed by atoms with van der Waals surface area (Å²) in [5, 5.41) is 11.1. The molecular weight excluding hydrogens is 126 g/mol. The SMILES string of the molecule is C#CCNC1CC2(C1)N=N2. The van der Waals surface area contributed by atoms with Gasteiger partial charge in [0, 0.05) is 18.9 Å². The molecule has 1 spiro atoms. The van der Waals surface area contributed by atoms with Gasteiger partial charge in [-0.25, -0.2) is 0 Å². The third-order valence-electron chi connectivity index (χ3n) is 2.02. The van der Waals surface area contributed by atoms with Gasteiger partial charge >= 0.3 is 0 Å². The van der Waals surface area contributed by atoms with Crippen molar-refractivity contribution < 1.29 is 0 Å². The molecule has 3 nitrogen and oxygen atoms in total. The second-order valence-electron chi connectivity index (χ2n) is 2.87. The highest BCUT2D eigenvalue weighted by Gasteiger charge is 2.52. The largest absolute Gasteiger partial charge is 0.303 e. The van der Waals surface area contributed by atoms with Gasteiger partial charge in [0.25, 0.3) is 0 Å². The van der Waals surface area contributed by atoms with E-state index >= 15 is 0 Å².